The molecule has 0 saturated carbocycles. The predicted octanol–water partition coefficient (Wildman–Crippen LogP) is 4.08. The van der Waals surface area contributed by atoms with Crippen molar-refractivity contribution in [1.29, 1.82) is 0 Å². The van der Waals surface area contributed by atoms with Crippen molar-refractivity contribution in [1.82, 2.24) is 5.32 Å². The van der Waals surface area contributed by atoms with Gasteiger partial charge >= 0.3 is 0 Å². The second kappa shape index (κ2) is 6.22. The fourth-order valence-electron chi connectivity index (χ4n) is 2.31. The molecule has 5 heteroatoms. The molecule has 0 saturated heterocycles. The fraction of sp³-hybridized carbons (Fsp3) is 0.312. The van der Waals surface area contributed by atoms with Crippen molar-refractivity contribution >= 4 is 23.2 Å². The maximum absolute atomic E-state index is 11.7. The number of carbonyl (C=O) groups excluding carboxylic acids is 1. The van der Waals surface area contributed by atoms with E-state index in [9.17, 15) is 4.79 Å². The first-order valence-electron chi connectivity index (χ1n) is 6.77. The first-order valence-corrected chi connectivity index (χ1v) is 7.15. The molecule has 4 nitrogen and oxygen atoms in total. The zero-order valence-corrected chi connectivity index (χ0v) is 13.3. The molecule has 21 heavy (non-hydrogen) atoms. The molecule has 1 heterocycles. The Labute approximate surface area is 129 Å². The van der Waals surface area contributed by atoms with Crippen molar-refractivity contribution in [2.24, 2.45) is 0 Å². The topological polar surface area (TPSA) is 54.3 Å². The summed E-state index contributed by atoms with van der Waals surface area (Å²) >= 11 is 6.20. The lowest BCUT2D eigenvalue weighted by atomic mass is 10.1. The summed E-state index contributed by atoms with van der Waals surface area (Å²) in [5, 5.41) is 6.50. The normalized spacial score (nSPS) is 12.0. The molecule has 0 spiro atoms. The quantitative estimate of drug-likeness (QED) is 0.895. The lowest BCUT2D eigenvalue weighted by molar-refractivity contribution is 0.0963. The number of amides is 1. The third-order valence-electron chi connectivity index (χ3n) is 3.37. The Morgan fingerprint density at radius 1 is 1.29 bits per heavy atom. The van der Waals surface area contributed by atoms with Crippen LogP contribution in [0.2, 0.25) is 5.02 Å². The molecule has 1 aromatic heterocycles. The smallest absolute Gasteiger partial charge is 0.251 e. The molecule has 2 aromatic rings. The van der Waals surface area contributed by atoms with E-state index in [4.69, 9.17) is 16.0 Å². The average Bonchev–Trinajstić information content (AvgIpc) is 2.79. The number of hydrogen-bond donors (Lipinski definition) is 2. The molecule has 1 atom stereocenters. The maximum Gasteiger partial charge on any atom is 0.251 e. The van der Waals surface area contributed by atoms with Crippen molar-refractivity contribution in [2.45, 2.75) is 26.8 Å². The highest BCUT2D eigenvalue weighted by molar-refractivity contribution is 6.33. The number of nitrogens with one attached hydrogen (secondary N) is 2. The van der Waals surface area contributed by atoms with Crippen LogP contribution in [0.5, 0.6) is 0 Å². The Balaban J connectivity index is 2.26. The molecular formula is C16H19ClN2O2. The molecule has 0 aliphatic heterocycles. The minimum absolute atomic E-state index is 0.0277. The SMILES string of the molecule is CNC(=O)c1ccc(Cl)c(NC(C)c2cc(C)oc2C)c1. The van der Waals surface area contributed by atoms with Gasteiger partial charge in [-0.15, -0.1) is 0 Å². The van der Waals surface area contributed by atoms with E-state index in [0.717, 1.165) is 22.8 Å². The number of benzene rings is 1. The molecule has 1 amide bonds. The van der Waals surface area contributed by atoms with E-state index >= 15 is 0 Å². The van der Waals surface area contributed by atoms with Gasteiger partial charge in [-0.3, -0.25) is 4.79 Å². The molecule has 1 unspecified atom stereocenters. The van der Waals surface area contributed by atoms with Crippen LogP contribution in [-0.4, -0.2) is 13.0 Å². The Kier molecular flexibility index (Phi) is 4.58. The molecule has 112 valence electrons. The minimum atomic E-state index is -0.141. The largest absolute Gasteiger partial charge is 0.466 e. The average molecular weight is 307 g/mol. The van der Waals surface area contributed by atoms with Gasteiger partial charge in [-0.05, 0) is 45.0 Å². The van der Waals surface area contributed by atoms with E-state index in [1.54, 1.807) is 25.2 Å². The van der Waals surface area contributed by atoms with E-state index in [1.165, 1.54) is 0 Å². The van der Waals surface area contributed by atoms with Crippen LogP contribution in [0.15, 0.2) is 28.7 Å². The summed E-state index contributed by atoms with van der Waals surface area (Å²) in [5.74, 6) is 1.62. The number of furan rings is 1. The summed E-state index contributed by atoms with van der Waals surface area (Å²) in [7, 11) is 1.60. The highest BCUT2D eigenvalue weighted by Gasteiger charge is 2.15. The maximum atomic E-state index is 11.7. The fourth-order valence-corrected chi connectivity index (χ4v) is 2.48. The van der Waals surface area contributed by atoms with Gasteiger partial charge in [0.25, 0.3) is 5.91 Å². The van der Waals surface area contributed by atoms with Crippen molar-refractivity contribution in [3.8, 4) is 0 Å². The van der Waals surface area contributed by atoms with Crippen LogP contribution in [-0.2, 0) is 0 Å². The van der Waals surface area contributed by atoms with Gasteiger partial charge in [-0.2, -0.15) is 0 Å². The van der Waals surface area contributed by atoms with E-state index < -0.39 is 0 Å². The Bertz CT molecular complexity index is 664. The molecule has 0 aliphatic rings. The van der Waals surface area contributed by atoms with Crippen molar-refractivity contribution in [2.75, 3.05) is 12.4 Å². The minimum Gasteiger partial charge on any atom is -0.466 e. The van der Waals surface area contributed by atoms with Crippen LogP contribution in [0.1, 0.15) is 40.4 Å². The predicted molar refractivity (Wildman–Crippen MR) is 85.1 cm³/mol. The lowest BCUT2D eigenvalue weighted by Gasteiger charge is -2.16. The number of aryl methyl sites for hydroxylation is 2. The second-order valence-electron chi connectivity index (χ2n) is 5.01. The lowest BCUT2D eigenvalue weighted by Crippen LogP contribution is -2.18. The summed E-state index contributed by atoms with van der Waals surface area (Å²) in [6.45, 7) is 5.88. The molecule has 0 bridgehead atoms. The molecule has 2 N–H and O–H groups in total. The van der Waals surface area contributed by atoms with Gasteiger partial charge in [0, 0.05) is 18.2 Å². The zero-order valence-electron chi connectivity index (χ0n) is 12.6. The van der Waals surface area contributed by atoms with Gasteiger partial charge in [0.1, 0.15) is 11.5 Å². The number of anilines is 1. The summed E-state index contributed by atoms with van der Waals surface area (Å²) in [6, 6.07) is 7.20. The van der Waals surface area contributed by atoms with Crippen LogP contribution < -0.4 is 10.6 Å². The molecule has 0 aliphatic carbocycles. The highest BCUT2D eigenvalue weighted by Crippen LogP contribution is 2.29. The summed E-state index contributed by atoms with van der Waals surface area (Å²) < 4.78 is 5.55. The van der Waals surface area contributed by atoms with Crippen molar-refractivity contribution < 1.29 is 9.21 Å². The van der Waals surface area contributed by atoms with Crippen molar-refractivity contribution in [3.05, 3.63) is 51.9 Å². The van der Waals surface area contributed by atoms with E-state index in [1.807, 2.05) is 26.8 Å². The van der Waals surface area contributed by atoms with E-state index in [0.29, 0.717) is 10.6 Å². The standard InChI is InChI=1S/C16H19ClN2O2/c1-9-7-13(11(3)21-9)10(2)19-15-8-12(16(20)18-4)5-6-14(15)17/h5-8,10,19H,1-4H3,(H,18,20). The number of halogens is 1. The van der Waals surface area contributed by atoms with Gasteiger partial charge in [0.15, 0.2) is 0 Å². The highest BCUT2D eigenvalue weighted by atomic mass is 35.5. The van der Waals surface area contributed by atoms with E-state index in [-0.39, 0.29) is 11.9 Å². The third kappa shape index (κ3) is 3.39. The number of hydrogen-bond acceptors (Lipinski definition) is 3. The van der Waals surface area contributed by atoms with Crippen LogP contribution in [0.3, 0.4) is 0 Å². The second-order valence-corrected chi connectivity index (χ2v) is 5.42. The van der Waals surface area contributed by atoms with Gasteiger partial charge in [0.05, 0.1) is 16.8 Å². The van der Waals surface area contributed by atoms with Gasteiger partial charge < -0.3 is 15.1 Å². The monoisotopic (exact) mass is 306 g/mol. The molecule has 1 aromatic carbocycles. The number of rotatable bonds is 4. The zero-order chi connectivity index (χ0) is 15.6. The first kappa shape index (κ1) is 15.4. The molecule has 2 rings (SSSR count). The van der Waals surface area contributed by atoms with E-state index in [2.05, 4.69) is 10.6 Å². The summed E-state index contributed by atoms with van der Waals surface area (Å²) in [5.41, 5.74) is 2.37. The molecule has 0 radical (unpaired) electrons. The number of carbonyl (C=O) groups is 1. The first-order chi connectivity index (χ1) is 9.92. The summed E-state index contributed by atoms with van der Waals surface area (Å²) in [4.78, 5) is 11.7. The van der Waals surface area contributed by atoms with Crippen LogP contribution in [0.25, 0.3) is 0 Å². The van der Waals surface area contributed by atoms with Crippen LogP contribution >= 0.6 is 11.6 Å². The van der Waals surface area contributed by atoms with Gasteiger partial charge in [-0.1, -0.05) is 11.6 Å². The third-order valence-corrected chi connectivity index (χ3v) is 3.70. The Morgan fingerprint density at radius 3 is 2.57 bits per heavy atom. The van der Waals surface area contributed by atoms with Crippen LogP contribution in [0, 0.1) is 13.8 Å². The van der Waals surface area contributed by atoms with Crippen molar-refractivity contribution in [3.63, 3.8) is 0 Å². The Hall–Kier alpha value is -1.94. The Morgan fingerprint density at radius 2 is 2.00 bits per heavy atom. The molecular weight excluding hydrogens is 288 g/mol. The van der Waals surface area contributed by atoms with Gasteiger partial charge in [-0.25, -0.2) is 0 Å². The molecule has 0 fully saturated rings. The summed E-state index contributed by atoms with van der Waals surface area (Å²) in [6.07, 6.45) is 0. The van der Waals surface area contributed by atoms with Crippen LogP contribution in [0.4, 0.5) is 5.69 Å². The van der Waals surface area contributed by atoms with Gasteiger partial charge in [0.2, 0.25) is 0 Å².